The summed E-state index contributed by atoms with van der Waals surface area (Å²) >= 11 is 0. The number of hydrogen-bond acceptors (Lipinski definition) is 5. The van der Waals surface area contributed by atoms with Gasteiger partial charge in [0.1, 0.15) is 5.60 Å². The molecule has 1 fully saturated rings. The first-order chi connectivity index (χ1) is 19.8. The maximum Gasteiger partial charge on any atom is 0.417 e. The maximum atomic E-state index is 13.6. The average molecular weight is 600 g/mol. The topological polar surface area (TPSA) is 110 Å². The van der Waals surface area contributed by atoms with Crippen molar-refractivity contribution in [3.05, 3.63) is 83.4 Å². The molecule has 0 radical (unpaired) electrons. The zero-order chi connectivity index (χ0) is 30.7. The third-order valence-corrected chi connectivity index (χ3v) is 9.57. The Balaban J connectivity index is 1.64. The molecule has 0 heterocycles. The standard InChI is InChI=1S/C31H32F3N3O4S/c1-37(2)42(40,41)27-15-12-22(13-16-27)23-8-6-7-21(17-23)19-30(39,25-9-4-3-5-10-25)29(38)36-26-14-11-24(20-35)28(18-26)31(32,33)34/h6-8,11-18,25,39H,3-5,9-10,19H2,1-2H3,(H,36,38). The lowest BCUT2D eigenvalue weighted by Crippen LogP contribution is -2.51. The van der Waals surface area contributed by atoms with E-state index in [1.807, 2.05) is 6.07 Å². The van der Waals surface area contributed by atoms with Gasteiger partial charge in [-0.15, -0.1) is 0 Å². The second-order valence-corrected chi connectivity index (χ2v) is 12.9. The molecule has 7 nitrogen and oxygen atoms in total. The number of nitrogens with one attached hydrogen (secondary N) is 1. The van der Waals surface area contributed by atoms with Gasteiger partial charge in [-0.2, -0.15) is 18.4 Å². The lowest BCUT2D eigenvalue weighted by molar-refractivity contribution is -0.142. The van der Waals surface area contributed by atoms with Gasteiger partial charge in [-0.05, 0) is 65.8 Å². The number of rotatable bonds is 8. The summed E-state index contributed by atoms with van der Waals surface area (Å²) in [6, 6.07) is 18.0. The number of nitriles is 1. The van der Waals surface area contributed by atoms with Crippen molar-refractivity contribution in [2.75, 3.05) is 19.4 Å². The van der Waals surface area contributed by atoms with Crippen molar-refractivity contribution in [3.63, 3.8) is 0 Å². The molecule has 0 aromatic heterocycles. The van der Waals surface area contributed by atoms with E-state index in [0.29, 0.717) is 24.5 Å². The Morgan fingerprint density at radius 3 is 2.26 bits per heavy atom. The molecule has 1 saturated carbocycles. The van der Waals surface area contributed by atoms with Crippen LogP contribution in [0.25, 0.3) is 11.1 Å². The van der Waals surface area contributed by atoms with Crippen LogP contribution in [0.1, 0.15) is 48.8 Å². The largest absolute Gasteiger partial charge is 0.417 e. The van der Waals surface area contributed by atoms with Crippen LogP contribution in [0.3, 0.4) is 0 Å². The van der Waals surface area contributed by atoms with Crippen LogP contribution in [0.4, 0.5) is 18.9 Å². The highest BCUT2D eigenvalue weighted by Crippen LogP contribution is 2.38. The Bertz CT molecular complexity index is 1590. The monoisotopic (exact) mass is 599 g/mol. The summed E-state index contributed by atoms with van der Waals surface area (Å²) < 4.78 is 66.5. The van der Waals surface area contributed by atoms with E-state index < -0.39 is 44.8 Å². The molecule has 1 aliphatic rings. The van der Waals surface area contributed by atoms with Crippen LogP contribution in [-0.2, 0) is 27.4 Å². The fourth-order valence-electron chi connectivity index (χ4n) is 5.39. The second-order valence-electron chi connectivity index (χ2n) is 10.8. The van der Waals surface area contributed by atoms with Crippen molar-refractivity contribution >= 4 is 21.6 Å². The molecule has 1 atom stereocenters. The van der Waals surface area contributed by atoms with E-state index in [4.69, 9.17) is 5.26 Å². The molecule has 2 N–H and O–H groups in total. The number of carbonyl (C=O) groups excluding carboxylic acids is 1. The summed E-state index contributed by atoms with van der Waals surface area (Å²) in [5.41, 5.74) is -1.69. The zero-order valence-corrected chi connectivity index (χ0v) is 24.1. The van der Waals surface area contributed by atoms with Crippen LogP contribution >= 0.6 is 0 Å². The van der Waals surface area contributed by atoms with E-state index in [2.05, 4.69) is 5.32 Å². The van der Waals surface area contributed by atoms with Gasteiger partial charge in [0.15, 0.2) is 0 Å². The fourth-order valence-corrected chi connectivity index (χ4v) is 6.29. The molecule has 222 valence electrons. The van der Waals surface area contributed by atoms with Crippen molar-refractivity contribution in [1.29, 1.82) is 5.26 Å². The van der Waals surface area contributed by atoms with Crippen molar-refractivity contribution in [2.24, 2.45) is 5.92 Å². The highest BCUT2D eigenvalue weighted by Gasteiger charge is 2.44. The average Bonchev–Trinajstić information content (AvgIpc) is 2.97. The normalized spacial score (nSPS) is 16.0. The Morgan fingerprint density at radius 1 is 1.00 bits per heavy atom. The van der Waals surface area contributed by atoms with Crippen LogP contribution in [0, 0.1) is 17.2 Å². The Kier molecular flexibility index (Phi) is 9.11. The van der Waals surface area contributed by atoms with Crippen LogP contribution in [-0.4, -0.2) is 43.4 Å². The molecule has 0 spiro atoms. The number of hydrogen-bond donors (Lipinski definition) is 2. The number of alkyl halides is 3. The van der Waals surface area contributed by atoms with Gasteiger partial charge in [0.2, 0.25) is 10.0 Å². The molecule has 0 aliphatic heterocycles. The second kappa shape index (κ2) is 12.3. The lowest BCUT2D eigenvalue weighted by atomic mass is 9.73. The SMILES string of the molecule is CN(C)S(=O)(=O)c1ccc(-c2cccc(CC(O)(C(=O)Nc3ccc(C#N)c(C(F)(F)F)c3)C3CCCCC3)c2)cc1. The maximum absolute atomic E-state index is 13.6. The van der Waals surface area contributed by atoms with E-state index in [1.54, 1.807) is 30.3 Å². The number of halogens is 3. The molecule has 11 heteroatoms. The number of carbonyl (C=O) groups is 1. The van der Waals surface area contributed by atoms with E-state index in [-0.39, 0.29) is 17.0 Å². The van der Waals surface area contributed by atoms with Gasteiger partial charge < -0.3 is 10.4 Å². The van der Waals surface area contributed by atoms with Gasteiger partial charge >= 0.3 is 6.18 Å². The first-order valence-electron chi connectivity index (χ1n) is 13.5. The zero-order valence-electron chi connectivity index (χ0n) is 23.3. The van der Waals surface area contributed by atoms with Gasteiger partial charge in [-0.1, -0.05) is 55.7 Å². The molecule has 3 aromatic carbocycles. The fraction of sp³-hybridized carbons (Fsp3) is 0.355. The molecule has 4 rings (SSSR count). The van der Waals surface area contributed by atoms with Crippen LogP contribution in [0.2, 0.25) is 0 Å². The lowest BCUT2D eigenvalue weighted by Gasteiger charge is -2.37. The number of nitrogens with zero attached hydrogens (tertiary/aromatic N) is 2. The van der Waals surface area contributed by atoms with Gasteiger partial charge in [0.25, 0.3) is 5.91 Å². The van der Waals surface area contributed by atoms with Crippen LogP contribution in [0.5, 0.6) is 0 Å². The van der Waals surface area contributed by atoms with Gasteiger partial charge in [-0.3, -0.25) is 4.79 Å². The number of anilines is 1. The van der Waals surface area contributed by atoms with E-state index in [9.17, 15) is 31.5 Å². The number of amides is 1. The molecular weight excluding hydrogens is 567 g/mol. The Morgan fingerprint density at radius 2 is 1.67 bits per heavy atom. The molecule has 1 unspecified atom stereocenters. The molecular formula is C31H32F3N3O4S. The number of sulfonamides is 1. The summed E-state index contributed by atoms with van der Waals surface area (Å²) in [5, 5.41) is 23.5. The number of aliphatic hydroxyl groups is 1. The van der Waals surface area contributed by atoms with Crippen molar-refractivity contribution < 1.29 is 31.5 Å². The third kappa shape index (κ3) is 6.67. The molecule has 1 aliphatic carbocycles. The van der Waals surface area contributed by atoms with Gasteiger partial charge in [0.05, 0.1) is 22.1 Å². The highest BCUT2D eigenvalue weighted by atomic mass is 32.2. The van der Waals surface area contributed by atoms with Gasteiger partial charge in [0, 0.05) is 26.2 Å². The molecule has 42 heavy (non-hydrogen) atoms. The minimum Gasteiger partial charge on any atom is -0.379 e. The molecule has 0 saturated heterocycles. The Labute approximate surface area is 243 Å². The first-order valence-corrected chi connectivity index (χ1v) is 15.0. The smallest absolute Gasteiger partial charge is 0.379 e. The van der Waals surface area contributed by atoms with E-state index >= 15 is 0 Å². The molecule has 0 bridgehead atoms. The summed E-state index contributed by atoms with van der Waals surface area (Å²) in [7, 11) is -0.691. The van der Waals surface area contributed by atoms with Crippen molar-refractivity contribution in [2.45, 2.75) is 55.2 Å². The first kappa shape index (κ1) is 31.2. The molecule has 3 aromatic rings. The minimum absolute atomic E-state index is 0.0765. The number of benzene rings is 3. The summed E-state index contributed by atoms with van der Waals surface area (Å²) in [6.07, 6.45) is -1.09. The van der Waals surface area contributed by atoms with E-state index in [1.165, 1.54) is 38.4 Å². The van der Waals surface area contributed by atoms with Crippen molar-refractivity contribution in [3.8, 4) is 17.2 Å². The predicted octanol–water partition coefficient (Wildman–Crippen LogP) is 5.99. The summed E-state index contributed by atoms with van der Waals surface area (Å²) in [5.74, 6) is -1.22. The highest BCUT2D eigenvalue weighted by molar-refractivity contribution is 7.89. The van der Waals surface area contributed by atoms with Crippen LogP contribution < -0.4 is 5.32 Å². The summed E-state index contributed by atoms with van der Waals surface area (Å²) in [6.45, 7) is 0. The Hall–Kier alpha value is -3.72. The quantitative estimate of drug-likeness (QED) is 0.331. The van der Waals surface area contributed by atoms with Gasteiger partial charge in [-0.25, -0.2) is 12.7 Å². The summed E-state index contributed by atoms with van der Waals surface area (Å²) in [4.78, 5) is 13.8. The van der Waals surface area contributed by atoms with Crippen molar-refractivity contribution in [1.82, 2.24) is 4.31 Å². The minimum atomic E-state index is -4.79. The van der Waals surface area contributed by atoms with Crippen LogP contribution in [0.15, 0.2) is 71.6 Å². The third-order valence-electron chi connectivity index (χ3n) is 7.74. The predicted molar refractivity (Wildman–Crippen MR) is 153 cm³/mol. The molecule has 1 amide bonds. The van der Waals surface area contributed by atoms with E-state index in [0.717, 1.165) is 40.8 Å².